The van der Waals surface area contributed by atoms with Crippen molar-refractivity contribution in [2.75, 3.05) is 6.61 Å². The highest BCUT2D eigenvalue weighted by Gasteiger charge is 2.11. The number of ether oxygens (including phenoxy) is 1. The van der Waals surface area contributed by atoms with Crippen LogP contribution in [0, 0.1) is 5.82 Å². The Balaban J connectivity index is 1.61. The van der Waals surface area contributed by atoms with Crippen molar-refractivity contribution >= 4 is 17.0 Å². The summed E-state index contributed by atoms with van der Waals surface area (Å²) in [5.74, 6) is -0.823. The molecule has 0 saturated heterocycles. The van der Waals surface area contributed by atoms with Crippen LogP contribution in [0.4, 0.5) is 4.39 Å². The third-order valence-corrected chi connectivity index (χ3v) is 3.23. The van der Waals surface area contributed by atoms with Crippen LogP contribution >= 0.6 is 0 Å². The Hall–Kier alpha value is -2.69. The van der Waals surface area contributed by atoms with Crippen molar-refractivity contribution in [3.05, 3.63) is 66.2 Å². The summed E-state index contributed by atoms with van der Waals surface area (Å²) >= 11 is 0. The molecule has 0 fully saturated rings. The number of hydrogen-bond acceptors (Lipinski definition) is 2. The summed E-state index contributed by atoms with van der Waals surface area (Å²) in [4.78, 5) is 14.9. The molecule has 1 heterocycles. The summed E-state index contributed by atoms with van der Waals surface area (Å²) < 4.78 is 20.0. The van der Waals surface area contributed by atoms with Crippen LogP contribution in [0.15, 0.2) is 54.9 Å². The van der Waals surface area contributed by atoms with Gasteiger partial charge < -0.3 is 4.74 Å². The van der Waals surface area contributed by atoms with Crippen LogP contribution in [0.1, 0.15) is 10.4 Å². The van der Waals surface area contributed by atoms with Gasteiger partial charge in [-0.25, -0.2) is 18.7 Å². The molecule has 0 aliphatic rings. The number of para-hydroxylation sites is 2. The molecular formula is C16H14FN2O2+. The fraction of sp³-hybridized carbons (Fsp3) is 0.125. The Morgan fingerprint density at radius 1 is 1.14 bits per heavy atom. The maximum atomic E-state index is 12.8. The van der Waals surface area contributed by atoms with Crippen molar-refractivity contribution in [1.82, 2.24) is 4.98 Å². The standard InChI is InChI=1S/C16H13FN2O2/c17-13-7-5-12(6-8-13)16(20)21-10-9-19-11-18-14-3-1-2-4-15(14)19/h1-8,11H,9-10H2/p+1. The van der Waals surface area contributed by atoms with Gasteiger partial charge in [0.2, 0.25) is 6.33 Å². The second-order valence-corrected chi connectivity index (χ2v) is 4.63. The lowest BCUT2D eigenvalue weighted by Gasteiger charge is -2.03. The van der Waals surface area contributed by atoms with Gasteiger partial charge in [0, 0.05) is 0 Å². The number of benzene rings is 2. The van der Waals surface area contributed by atoms with Crippen LogP contribution < -0.4 is 4.57 Å². The highest BCUT2D eigenvalue weighted by molar-refractivity contribution is 5.89. The van der Waals surface area contributed by atoms with E-state index in [9.17, 15) is 9.18 Å². The van der Waals surface area contributed by atoms with E-state index in [1.54, 1.807) is 0 Å². The average Bonchev–Trinajstić information content (AvgIpc) is 2.91. The van der Waals surface area contributed by atoms with Gasteiger partial charge in [0.05, 0.1) is 5.56 Å². The van der Waals surface area contributed by atoms with Gasteiger partial charge in [0.15, 0.2) is 11.0 Å². The van der Waals surface area contributed by atoms with Crippen molar-refractivity contribution in [3.8, 4) is 0 Å². The molecule has 0 amide bonds. The number of fused-ring (bicyclic) bond motifs is 1. The molecule has 1 N–H and O–H groups in total. The maximum Gasteiger partial charge on any atom is 0.338 e. The highest BCUT2D eigenvalue weighted by Crippen LogP contribution is 2.06. The van der Waals surface area contributed by atoms with E-state index in [1.165, 1.54) is 24.3 Å². The van der Waals surface area contributed by atoms with Gasteiger partial charge in [0.25, 0.3) is 0 Å². The molecule has 3 rings (SSSR count). The second-order valence-electron chi connectivity index (χ2n) is 4.63. The van der Waals surface area contributed by atoms with E-state index in [-0.39, 0.29) is 12.4 Å². The lowest BCUT2D eigenvalue weighted by Crippen LogP contribution is -2.34. The number of esters is 1. The van der Waals surface area contributed by atoms with E-state index < -0.39 is 5.97 Å². The predicted molar refractivity (Wildman–Crippen MR) is 75.2 cm³/mol. The fourth-order valence-corrected chi connectivity index (χ4v) is 2.15. The topological polar surface area (TPSA) is 46.0 Å². The Kier molecular flexibility index (Phi) is 3.64. The smallest absolute Gasteiger partial charge is 0.338 e. The number of carbonyl (C=O) groups is 1. The second kappa shape index (κ2) is 5.75. The van der Waals surface area contributed by atoms with Gasteiger partial charge in [-0.1, -0.05) is 12.1 Å². The molecule has 5 heteroatoms. The molecular weight excluding hydrogens is 271 g/mol. The minimum Gasteiger partial charge on any atom is -0.458 e. The van der Waals surface area contributed by atoms with E-state index >= 15 is 0 Å². The summed E-state index contributed by atoms with van der Waals surface area (Å²) in [5, 5.41) is 0. The normalized spacial score (nSPS) is 10.7. The number of nitrogens with one attached hydrogen (secondary N) is 1. The molecule has 106 valence electrons. The minimum atomic E-state index is -0.449. The average molecular weight is 285 g/mol. The van der Waals surface area contributed by atoms with E-state index in [4.69, 9.17) is 4.74 Å². The van der Waals surface area contributed by atoms with Gasteiger partial charge in [-0.15, -0.1) is 0 Å². The van der Waals surface area contributed by atoms with Crippen molar-refractivity contribution in [2.45, 2.75) is 6.54 Å². The fourth-order valence-electron chi connectivity index (χ4n) is 2.15. The molecule has 0 atom stereocenters. The van der Waals surface area contributed by atoms with E-state index in [1.807, 2.05) is 35.2 Å². The number of halogens is 1. The monoisotopic (exact) mass is 285 g/mol. The van der Waals surface area contributed by atoms with Crippen molar-refractivity contribution in [1.29, 1.82) is 0 Å². The van der Waals surface area contributed by atoms with E-state index in [0.29, 0.717) is 12.1 Å². The zero-order valence-electron chi connectivity index (χ0n) is 11.3. The third kappa shape index (κ3) is 2.91. The molecule has 0 saturated carbocycles. The predicted octanol–water partition coefficient (Wildman–Crippen LogP) is 2.45. The summed E-state index contributed by atoms with van der Waals surface area (Å²) in [6.07, 6.45) is 1.84. The molecule has 1 aromatic heterocycles. The lowest BCUT2D eigenvalue weighted by atomic mass is 10.2. The summed E-state index contributed by atoms with van der Waals surface area (Å²) in [7, 11) is 0. The van der Waals surface area contributed by atoms with Gasteiger partial charge in [-0.05, 0) is 36.4 Å². The Bertz CT molecular complexity index is 765. The first-order valence-electron chi connectivity index (χ1n) is 6.62. The number of rotatable bonds is 4. The molecule has 2 aromatic carbocycles. The van der Waals surface area contributed by atoms with Crippen molar-refractivity contribution in [3.63, 3.8) is 0 Å². The van der Waals surface area contributed by atoms with Crippen LogP contribution in [0.3, 0.4) is 0 Å². The molecule has 0 aliphatic carbocycles. The molecule has 4 nitrogen and oxygen atoms in total. The number of aromatic nitrogens is 2. The minimum absolute atomic E-state index is 0.253. The molecule has 21 heavy (non-hydrogen) atoms. The first-order chi connectivity index (χ1) is 10.2. The Morgan fingerprint density at radius 2 is 1.90 bits per heavy atom. The Morgan fingerprint density at radius 3 is 2.71 bits per heavy atom. The SMILES string of the molecule is O=C(OCC[n+]1c[nH]c2ccccc21)c1ccc(F)cc1. The van der Waals surface area contributed by atoms with Crippen LogP contribution in [0.25, 0.3) is 11.0 Å². The number of imidazole rings is 1. The number of carbonyl (C=O) groups excluding carboxylic acids is 1. The maximum absolute atomic E-state index is 12.8. The molecule has 0 aliphatic heterocycles. The summed E-state index contributed by atoms with van der Waals surface area (Å²) in [6, 6.07) is 13.2. The summed E-state index contributed by atoms with van der Waals surface area (Å²) in [6.45, 7) is 0.805. The van der Waals surface area contributed by atoms with Gasteiger partial charge in [-0.2, -0.15) is 0 Å². The number of H-pyrrole nitrogens is 1. The largest absolute Gasteiger partial charge is 0.458 e. The van der Waals surface area contributed by atoms with Crippen LogP contribution in [0.5, 0.6) is 0 Å². The number of aromatic amines is 1. The van der Waals surface area contributed by atoms with Crippen LogP contribution in [-0.4, -0.2) is 17.6 Å². The van der Waals surface area contributed by atoms with Crippen LogP contribution in [0.2, 0.25) is 0 Å². The zero-order chi connectivity index (χ0) is 14.7. The first-order valence-corrected chi connectivity index (χ1v) is 6.62. The summed E-state index contributed by atoms with van der Waals surface area (Å²) in [5.41, 5.74) is 2.43. The van der Waals surface area contributed by atoms with Crippen molar-refractivity contribution < 1.29 is 18.5 Å². The van der Waals surface area contributed by atoms with E-state index in [2.05, 4.69) is 4.98 Å². The molecule has 3 aromatic rings. The third-order valence-electron chi connectivity index (χ3n) is 3.23. The highest BCUT2D eigenvalue weighted by atomic mass is 19.1. The lowest BCUT2D eigenvalue weighted by molar-refractivity contribution is -0.672. The number of nitrogens with zero attached hydrogens (tertiary/aromatic N) is 1. The molecule has 0 unspecified atom stereocenters. The zero-order valence-corrected chi connectivity index (χ0v) is 11.3. The van der Waals surface area contributed by atoms with Crippen LogP contribution in [-0.2, 0) is 11.3 Å². The first kappa shape index (κ1) is 13.3. The number of hydrogen-bond donors (Lipinski definition) is 1. The quantitative estimate of drug-likeness (QED) is 0.591. The van der Waals surface area contributed by atoms with E-state index in [0.717, 1.165) is 11.0 Å². The van der Waals surface area contributed by atoms with Gasteiger partial charge in [0.1, 0.15) is 19.0 Å². The van der Waals surface area contributed by atoms with Gasteiger partial charge >= 0.3 is 5.97 Å². The molecule has 0 spiro atoms. The van der Waals surface area contributed by atoms with Crippen molar-refractivity contribution in [2.24, 2.45) is 0 Å². The molecule has 0 radical (unpaired) electrons. The molecule has 0 bridgehead atoms. The van der Waals surface area contributed by atoms with Gasteiger partial charge in [-0.3, -0.25) is 0 Å². The Labute approximate surface area is 120 Å².